The standard InChI is InChI=1S/C12H17FN2O/c13-10-1-2-11(14)12(7-10)15-5-3-9(8-15)4-6-16/h1-2,7,9,16H,3-6,8,14H2. The normalized spacial score (nSPS) is 20.4. The zero-order valence-electron chi connectivity index (χ0n) is 9.19. The molecule has 0 aliphatic carbocycles. The van der Waals surface area contributed by atoms with Crippen molar-refractivity contribution in [2.75, 3.05) is 30.3 Å². The van der Waals surface area contributed by atoms with Crippen molar-refractivity contribution < 1.29 is 9.50 Å². The number of halogens is 1. The van der Waals surface area contributed by atoms with E-state index in [9.17, 15) is 4.39 Å². The van der Waals surface area contributed by atoms with Gasteiger partial charge in [-0.1, -0.05) is 0 Å². The van der Waals surface area contributed by atoms with E-state index in [2.05, 4.69) is 4.90 Å². The van der Waals surface area contributed by atoms with E-state index in [0.717, 1.165) is 31.6 Å². The third kappa shape index (κ3) is 2.27. The van der Waals surface area contributed by atoms with Gasteiger partial charge in [-0.2, -0.15) is 0 Å². The minimum atomic E-state index is -0.255. The van der Waals surface area contributed by atoms with Crippen LogP contribution >= 0.6 is 0 Å². The van der Waals surface area contributed by atoms with Crippen LogP contribution in [-0.2, 0) is 0 Å². The molecular formula is C12H17FN2O. The largest absolute Gasteiger partial charge is 0.397 e. The maximum absolute atomic E-state index is 13.1. The molecule has 1 aromatic carbocycles. The number of hydrogen-bond donors (Lipinski definition) is 2. The van der Waals surface area contributed by atoms with Gasteiger partial charge in [0.2, 0.25) is 0 Å². The van der Waals surface area contributed by atoms with Crippen LogP contribution in [0.25, 0.3) is 0 Å². The molecule has 0 aromatic heterocycles. The Morgan fingerprint density at radius 1 is 1.50 bits per heavy atom. The lowest BCUT2D eigenvalue weighted by Gasteiger charge is -2.20. The highest BCUT2D eigenvalue weighted by atomic mass is 19.1. The lowest BCUT2D eigenvalue weighted by atomic mass is 10.1. The van der Waals surface area contributed by atoms with Gasteiger partial charge in [0, 0.05) is 19.7 Å². The van der Waals surface area contributed by atoms with E-state index in [0.29, 0.717) is 11.6 Å². The van der Waals surface area contributed by atoms with Crippen molar-refractivity contribution in [3.8, 4) is 0 Å². The molecule has 0 radical (unpaired) electrons. The summed E-state index contributed by atoms with van der Waals surface area (Å²) in [6, 6.07) is 4.46. The number of benzene rings is 1. The maximum Gasteiger partial charge on any atom is 0.125 e. The lowest BCUT2D eigenvalue weighted by Crippen LogP contribution is -2.21. The molecule has 1 fully saturated rings. The van der Waals surface area contributed by atoms with Gasteiger partial charge in [-0.15, -0.1) is 0 Å². The summed E-state index contributed by atoms with van der Waals surface area (Å²) < 4.78 is 13.1. The molecule has 1 atom stereocenters. The first-order valence-electron chi connectivity index (χ1n) is 5.61. The number of nitrogens with two attached hydrogens (primary N) is 1. The Morgan fingerprint density at radius 3 is 3.06 bits per heavy atom. The summed E-state index contributed by atoms with van der Waals surface area (Å²) in [5.74, 6) is 0.238. The Bertz CT molecular complexity index is 370. The molecule has 4 heteroatoms. The molecule has 16 heavy (non-hydrogen) atoms. The van der Waals surface area contributed by atoms with Crippen molar-refractivity contribution in [2.45, 2.75) is 12.8 Å². The van der Waals surface area contributed by atoms with Gasteiger partial charge in [-0.05, 0) is 37.0 Å². The number of aliphatic hydroxyl groups excluding tert-OH is 1. The molecule has 1 aliphatic heterocycles. The molecule has 88 valence electrons. The van der Waals surface area contributed by atoms with Gasteiger partial charge < -0.3 is 15.7 Å². The zero-order valence-corrected chi connectivity index (χ0v) is 9.19. The third-order valence-electron chi connectivity index (χ3n) is 3.16. The van der Waals surface area contributed by atoms with Crippen molar-refractivity contribution in [3.05, 3.63) is 24.0 Å². The van der Waals surface area contributed by atoms with Gasteiger partial charge in [0.15, 0.2) is 0 Å². The second-order valence-electron chi connectivity index (χ2n) is 4.32. The summed E-state index contributed by atoms with van der Waals surface area (Å²) in [4.78, 5) is 2.10. The number of nitrogens with zero attached hydrogens (tertiary/aromatic N) is 1. The van der Waals surface area contributed by atoms with Crippen LogP contribution in [0.5, 0.6) is 0 Å². The molecular weight excluding hydrogens is 207 g/mol. The molecule has 3 N–H and O–H groups in total. The first-order chi connectivity index (χ1) is 7.70. The van der Waals surface area contributed by atoms with Crippen molar-refractivity contribution in [1.82, 2.24) is 0 Å². The van der Waals surface area contributed by atoms with Crippen LogP contribution in [0.15, 0.2) is 18.2 Å². The van der Waals surface area contributed by atoms with Crippen LogP contribution in [-0.4, -0.2) is 24.8 Å². The minimum absolute atomic E-state index is 0.219. The van der Waals surface area contributed by atoms with Gasteiger partial charge in [0.25, 0.3) is 0 Å². The average molecular weight is 224 g/mol. The first-order valence-corrected chi connectivity index (χ1v) is 5.61. The maximum atomic E-state index is 13.1. The monoisotopic (exact) mass is 224 g/mol. The molecule has 0 spiro atoms. The quantitative estimate of drug-likeness (QED) is 0.767. The van der Waals surface area contributed by atoms with Gasteiger partial charge >= 0.3 is 0 Å². The summed E-state index contributed by atoms with van der Waals surface area (Å²) in [6.45, 7) is 1.96. The molecule has 1 aromatic rings. The van der Waals surface area contributed by atoms with Crippen LogP contribution < -0.4 is 10.6 Å². The molecule has 0 bridgehead atoms. The number of rotatable bonds is 3. The molecule has 1 unspecified atom stereocenters. The van der Waals surface area contributed by atoms with Crippen LogP contribution in [0, 0.1) is 11.7 Å². The highest BCUT2D eigenvalue weighted by molar-refractivity contribution is 5.67. The summed E-state index contributed by atoms with van der Waals surface area (Å²) >= 11 is 0. The SMILES string of the molecule is Nc1ccc(F)cc1N1CCC(CCO)C1. The Hall–Kier alpha value is -1.29. The van der Waals surface area contributed by atoms with Gasteiger partial charge in [0.1, 0.15) is 5.82 Å². The lowest BCUT2D eigenvalue weighted by molar-refractivity contribution is 0.263. The highest BCUT2D eigenvalue weighted by Gasteiger charge is 2.23. The Morgan fingerprint density at radius 2 is 2.31 bits per heavy atom. The number of anilines is 2. The fourth-order valence-corrected chi connectivity index (χ4v) is 2.26. The van der Waals surface area contributed by atoms with E-state index in [1.807, 2.05) is 0 Å². The van der Waals surface area contributed by atoms with E-state index >= 15 is 0 Å². The van der Waals surface area contributed by atoms with Gasteiger partial charge in [-0.25, -0.2) is 4.39 Å². The summed E-state index contributed by atoms with van der Waals surface area (Å²) in [7, 11) is 0. The van der Waals surface area contributed by atoms with E-state index in [-0.39, 0.29) is 12.4 Å². The van der Waals surface area contributed by atoms with E-state index in [1.54, 1.807) is 6.07 Å². The van der Waals surface area contributed by atoms with Crippen molar-refractivity contribution in [3.63, 3.8) is 0 Å². The number of hydrogen-bond acceptors (Lipinski definition) is 3. The van der Waals surface area contributed by atoms with Crippen LogP contribution in [0.1, 0.15) is 12.8 Å². The Balaban J connectivity index is 2.11. The van der Waals surface area contributed by atoms with Gasteiger partial charge in [-0.3, -0.25) is 0 Å². The van der Waals surface area contributed by atoms with Crippen molar-refractivity contribution >= 4 is 11.4 Å². The number of aliphatic hydroxyl groups is 1. The molecule has 1 aliphatic rings. The number of nitrogen functional groups attached to an aromatic ring is 1. The summed E-state index contributed by atoms with van der Waals surface area (Å²) in [5.41, 5.74) is 7.23. The van der Waals surface area contributed by atoms with Crippen LogP contribution in [0.4, 0.5) is 15.8 Å². The Labute approximate surface area is 94.7 Å². The molecule has 0 amide bonds. The molecule has 0 saturated carbocycles. The second-order valence-corrected chi connectivity index (χ2v) is 4.32. The fourth-order valence-electron chi connectivity index (χ4n) is 2.26. The third-order valence-corrected chi connectivity index (χ3v) is 3.16. The topological polar surface area (TPSA) is 49.5 Å². The molecule has 3 nitrogen and oxygen atoms in total. The fraction of sp³-hybridized carbons (Fsp3) is 0.500. The smallest absolute Gasteiger partial charge is 0.125 e. The van der Waals surface area contributed by atoms with E-state index < -0.39 is 0 Å². The predicted molar refractivity (Wildman–Crippen MR) is 62.8 cm³/mol. The average Bonchev–Trinajstić information content (AvgIpc) is 2.71. The predicted octanol–water partition coefficient (Wildman–Crippen LogP) is 1.62. The molecule has 1 heterocycles. The van der Waals surface area contributed by atoms with Crippen molar-refractivity contribution in [2.24, 2.45) is 5.92 Å². The highest BCUT2D eigenvalue weighted by Crippen LogP contribution is 2.30. The summed E-state index contributed by atoms with van der Waals surface area (Å²) in [5, 5.41) is 8.88. The van der Waals surface area contributed by atoms with E-state index in [1.165, 1.54) is 12.1 Å². The van der Waals surface area contributed by atoms with E-state index in [4.69, 9.17) is 10.8 Å². The Kier molecular flexibility index (Phi) is 3.29. The van der Waals surface area contributed by atoms with Crippen LogP contribution in [0.2, 0.25) is 0 Å². The van der Waals surface area contributed by atoms with Crippen LogP contribution in [0.3, 0.4) is 0 Å². The van der Waals surface area contributed by atoms with Gasteiger partial charge in [0.05, 0.1) is 11.4 Å². The summed E-state index contributed by atoms with van der Waals surface area (Å²) in [6.07, 6.45) is 1.85. The molecule has 1 saturated heterocycles. The van der Waals surface area contributed by atoms with Crippen molar-refractivity contribution in [1.29, 1.82) is 0 Å². The zero-order chi connectivity index (χ0) is 11.5. The minimum Gasteiger partial charge on any atom is -0.397 e. The first kappa shape index (κ1) is 11.2. The molecule has 2 rings (SSSR count). The second kappa shape index (κ2) is 4.70.